The molecule has 0 atom stereocenters. The average molecular weight is 217 g/mol. The summed E-state index contributed by atoms with van der Waals surface area (Å²) in [7, 11) is 0. The minimum Gasteiger partial charge on any atom is -0.299 e. The molecular formula is C11H11N3O2. The molecule has 82 valence electrons. The number of nitrogens with one attached hydrogen (secondary N) is 1. The van der Waals surface area contributed by atoms with Crippen molar-refractivity contribution >= 4 is 11.8 Å². The summed E-state index contributed by atoms with van der Waals surface area (Å²) in [5.74, 6) is 0. The smallest absolute Gasteiger partial charge is 0.299 e. The van der Waals surface area contributed by atoms with Gasteiger partial charge in [-0.2, -0.15) is 0 Å². The molecule has 0 radical (unpaired) electrons. The van der Waals surface area contributed by atoms with E-state index in [1.165, 1.54) is 0 Å². The van der Waals surface area contributed by atoms with Crippen LogP contribution in [0.2, 0.25) is 0 Å². The number of aryl methyl sites for hydroxylation is 1. The number of para-hydroxylation sites is 1. The molecule has 5 heteroatoms. The van der Waals surface area contributed by atoms with Crippen LogP contribution in [0.1, 0.15) is 5.56 Å². The molecule has 0 saturated heterocycles. The molecule has 2 rings (SSSR count). The first-order valence-electron chi connectivity index (χ1n) is 4.80. The highest BCUT2D eigenvalue weighted by Gasteiger charge is 2.04. The summed E-state index contributed by atoms with van der Waals surface area (Å²) in [6, 6.07) is 9.07. The maximum Gasteiger partial charge on any atom is 0.437 e. The first-order chi connectivity index (χ1) is 7.74. The number of hydrogen-bond acceptors (Lipinski definition) is 3. The normalized spacial score (nSPS) is 9.81. The number of benzene rings is 1. The number of carbonyl (C=O) groups is 1. The van der Waals surface area contributed by atoms with E-state index < -0.39 is 6.09 Å². The van der Waals surface area contributed by atoms with Crippen LogP contribution in [-0.4, -0.2) is 16.0 Å². The molecule has 1 N–H and O–H groups in total. The van der Waals surface area contributed by atoms with Crippen molar-refractivity contribution in [2.75, 3.05) is 5.32 Å². The topological polar surface area (TPSA) is 56.2 Å². The zero-order valence-corrected chi connectivity index (χ0v) is 8.75. The minimum atomic E-state index is -0.575. The summed E-state index contributed by atoms with van der Waals surface area (Å²) in [6.07, 6.45) is 2.65. The SMILES string of the molecule is Cc1cnn(OC(=O)Nc2ccccc2)c1. The number of hydrogen-bond donors (Lipinski definition) is 1. The summed E-state index contributed by atoms with van der Waals surface area (Å²) < 4.78 is 0. The standard InChI is InChI=1S/C11H11N3O2/c1-9-7-12-14(8-9)16-11(15)13-10-5-3-2-4-6-10/h2-8H,1H3,(H,13,15). The summed E-state index contributed by atoms with van der Waals surface area (Å²) in [5.41, 5.74) is 1.60. The van der Waals surface area contributed by atoms with Crippen molar-refractivity contribution in [1.29, 1.82) is 0 Å². The largest absolute Gasteiger partial charge is 0.437 e. The van der Waals surface area contributed by atoms with E-state index in [9.17, 15) is 4.79 Å². The summed E-state index contributed by atoms with van der Waals surface area (Å²) in [4.78, 5) is 17.4. The van der Waals surface area contributed by atoms with E-state index in [-0.39, 0.29) is 0 Å². The Morgan fingerprint density at radius 2 is 2.12 bits per heavy atom. The lowest BCUT2D eigenvalue weighted by molar-refractivity contribution is 0.130. The molecule has 1 amide bonds. The van der Waals surface area contributed by atoms with Crippen LogP contribution in [0.5, 0.6) is 0 Å². The molecule has 0 aliphatic heterocycles. The Balaban J connectivity index is 1.95. The molecule has 1 heterocycles. The van der Waals surface area contributed by atoms with Crippen molar-refractivity contribution in [2.24, 2.45) is 0 Å². The first-order valence-corrected chi connectivity index (χ1v) is 4.80. The van der Waals surface area contributed by atoms with Gasteiger partial charge in [0.1, 0.15) is 0 Å². The van der Waals surface area contributed by atoms with Crippen LogP contribution in [0, 0.1) is 6.92 Å². The Hall–Kier alpha value is -2.30. The van der Waals surface area contributed by atoms with E-state index >= 15 is 0 Å². The highest BCUT2D eigenvalue weighted by atomic mass is 16.7. The first kappa shape index (κ1) is 10.2. The zero-order chi connectivity index (χ0) is 11.4. The lowest BCUT2D eigenvalue weighted by Crippen LogP contribution is -2.25. The van der Waals surface area contributed by atoms with Crippen LogP contribution in [0.15, 0.2) is 42.7 Å². The predicted octanol–water partition coefficient (Wildman–Crippen LogP) is 1.85. The number of rotatable bonds is 2. The van der Waals surface area contributed by atoms with Gasteiger partial charge < -0.3 is 0 Å². The van der Waals surface area contributed by atoms with Crippen molar-refractivity contribution in [3.63, 3.8) is 0 Å². The van der Waals surface area contributed by atoms with Crippen molar-refractivity contribution in [3.05, 3.63) is 48.3 Å². The fourth-order valence-electron chi connectivity index (χ4n) is 1.19. The fraction of sp³-hybridized carbons (Fsp3) is 0.0909. The molecule has 0 bridgehead atoms. The van der Waals surface area contributed by atoms with E-state index in [1.54, 1.807) is 24.5 Å². The molecule has 0 fully saturated rings. The second-order valence-electron chi connectivity index (χ2n) is 3.29. The molecule has 16 heavy (non-hydrogen) atoms. The number of anilines is 1. The molecule has 1 aromatic carbocycles. The summed E-state index contributed by atoms with van der Waals surface area (Å²) >= 11 is 0. The monoisotopic (exact) mass is 217 g/mol. The molecular weight excluding hydrogens is 206 g/mol. The molecule has 0 unspecified atom stereocenters. The lowest BCUT2D eigenvalue weighted by Gasteiger charge is -2.04. The van der Waals surface area contributed by atoms with Crippen molar-refractivity contribution < 1.29 is 9.63 Å². The van der Waals surface area contributed by atoms with E-state index in [4.69, 9.17) is 4.84 Å². The number of aromatic nitrogens is 2. The Kier molecular flexibility index (Phi) is 2.86. The van der Waals surface area contributed by atoms with Crippen LogP contribution in [0.25, 0.3) is 0 Å². The van der Waals surface area contributed by atoms with Gasteiger partial charge in [-0.25, -0.2) is 4.79 Å². The van der Waals surface area contributed by atoms with Gasteiger partial charge in [0.2, 0.25) is 0 Å². The van der Waals surface area contributed by atoms with Gasteiger partial charge in [-0.05, 0) is 24.6 Å². The third-order valence-electron chi connectivity index (χ3n) is 1.89. The van der Waals surface area contributed by atoms with Gasteiger partial charge in [0.25, 0.3) is 0 Å². The van der Waals surface area contributed by atoms with Gasteiger partial charge in [-0.15, -0.1) is 5.10 Å². The maximum absolute atomic E-state index is 11.4. The average Bonchev–Trinajstić information content (AvgIpc) is 2.65. The molecule has 0 aliphatic rings. The van der Waals surface area contributed by atoms with E-state index in [0.717, 1.165) is 10.4 Å². The van der Waals surface area contributed by atoms with E-state index in [1.807, 2.05) is 25.1 Å². The van der Waals surface area contributed by atoms with E-state index in [0.29, 0.717) is 5.69 Å². The van der Waals surface area contributed by atoms with Crippen molar-refractivity contribution in [2.45, 2.75) is 6.92 Å². The number of amides is 1. The maximum atomic E-state index is 11.4. The highest BCUT2D eigenvalue weighted by Crippen LogP contribution is 2.04. The quantitative estimate of drug-likeness (QED) is 0.835. The zero-order valence-electron chi connectivity index (χ0n) is 8.75. The van der Waals surface area contributed by atoms with Crippen LogP contribution in [0.4, 0.5) is 10.5 Å². The molecule has 0 saturated carbocycles. The summed E-state index contributed by atoms with van der Waals surface area (Å²) in [5, 5.41) is 6.41. The minimum absolute atomic E-state index is 0.575. The van der Waals surface area contributed by atoms with Crippen molar-refractivity contribution in [3.8, 4) is 0 Å². The second-order valence-corrected chi connectivity index (χ2v) is 3.29. The molecule has 2 aromatic rings. The summed E-state index contributed by atoms with van der Waals surface area (Å²) in [6.45, 7) is 1.86. The molecule has 0 aliphatic carbocycles. The van der Waals surface area contributed by atoms with Crippen LogP contribution >= 0.6 is 0 Å². The van der Waals surface area contributed by atoms with Gasteiger partial charge >= 0.3 is 6.09 Å². The third-order valence-corrected chi connectivity index (χ3v) is 1.89. The third kappa shape index (κ3) is 2.60. The Labute approximate surface area is 92.6 Å². The van der Waals surface area contributed by atoms with Gasteiger partial charge in [0.05, 0.1) is 12.4 Å². The van der Waals surface area contributed by atoms with Gasteiger partial charge in [0, 0.05) is 5.69 Å². The highest BCUT2D eigenvalue weighted by molar-refractivity contribution is 5.84. The molecule has 5 nitrogen and oxygen atoms in total. The lowest BCUT2D eigenvalue weighted by atomic mass is 10.3. The van der Waals surface area contributed by atoms with E-state index in [2.05, 4.69) is 10.4 Å². The Morgan fingerprint density at radius 1 is 1.38 bits per heavy atom. The molecule has 1 aromatic heterocycles. The Morgan fingerprint density at radius 3 is 2.75 bits per heavy atom. The van der Waals surface area contributed by atoms with Crippen LogP contribution in [-0.2, 0) is 0 Å². The number of nitrogens with zero attached hydrogens (tertiary/aromatic N) is 2. The van der Waals surface area contributed by atoms with Gasteiger partial charge in [0.15, 0.2) is 0 Å². The van der Waals surface area contributed by atoms with Crippen molar-refractivity contribution in [1.82, 2.24) is 9.94 Å². The van der Waals surface area contributed by atoms with Gasteiger partial charge in [-0.3, -0.25) is 10.2 Å². The second kappa shape index (κ2) is 4.48. The predicted molar refractivity (Wildman–Crippen MR) is 59.0 cm³/mol. The van der Waals surface area contributed by atoms with Gasteiger partial charge in [-0.1, -0.05) is 23.0 Å². The molecule has 0 spiro atoms. The fourth-order valence-corrected chi connectivity index (χ4v) is 1.19. The van der Waals surface area contributed by atoms with Crippen LogP contribution < -0.4 is 10.2 Å². The number of carbonyl (C=O) groups excluding carboxylic acids is 1. The van der Waals surface area contributed by atoms with Crippen LogP contribution in [0.3, 0.4) is 0 Å². The Bertz CT molecular complexity index is 479.